The van der Waals surface area contributed by atoms with Gasteiger partial charge in [-0.05, 0) is 35.6 Å². The van der Waals surface area contributed by atoms with Crippen LogP contribution in [0.1, 0.15) is 23.5 Å². The van der Waals surface area contributed by atoms with Crippen LogP contribution in [0.3, 0.4) is 0 Å². The summed E-state index contributed by atoms with van der Waals surface area (Å²) in [4.78, 5) is 12.2. The summed E-state index contributed by atoms with van der Waals surface area (Å²) in [7, 11) is 0. The van der Waals surface area contributed by atoms with Crippen molar-refractivity contribution < 1.29 is 4.79 Å². The molecule has 1 saturated carbocycles. The predicted octanol–water partition coefficient (Wildman–Crippen LogP) is 4.32. The van der Waals surface area contributed by atoms with E-state index in [-0.39, 0.29) is 11.8 Å². The van der Waals surface area contributed by atoms with Crippen LogP contribution in [0, 0.1) is 5.92 Å². The maximum atomic E-state index is 12.2. The second-order valence-corrected chi connectivity index (χ2v) is 5.74. The minimum absolute atomic E-state index is 0.116. The highest BCUT2D eigenvalue weighted by atomic mass is 79.9. The first-order valence-corrected chi connectivity index (χ1v) is 7.91. The molecule has 102 valence electrons. The molecule has 2 aromatic carbocycles. The number of hydrogen-bond donors (Lipinski definition) is 1. The Balaban J connectivity index is 1.64. The van der Waals surface area contributed by atoms with Crippen LogP contribution in [0.2, 0.25) is 0 Å². The highest BCUT2D eigenvalue weighted by Crippen LogP contribution is 2.47. The molecule has 0 bridgehead atoms. The summed E-state index contributed by atoms with van der Waals surface area (Å²) in [5, 5.41) is 3.82. The van der Waals surface area contributed by atoms with Crippen molar-refractivity contribution in [3.63, 3.8) is 0 Å². The predicted molar refractivity (Wildman–Crippen MR) is 85.0 cm³/mol. The summed E-state index contributed by atoms with van der Waals surface area (Å²) in [6.07, 6.45) is 0.952. The third-order valence-corrected chi connectivity index (χ3v) is 4.35. The smallest absolute Gasteiger partial charge is 0.228 e. The Kier molecular flexibility index (Phi) is 3.88. The number of rotatable bonds is 4. The molecule has 2 atom stereocenters. The van der Waals surface area contributed by atoms with Gasteiger partial charge in [0, 0.05) is 16.9 Å². The molecule has 1 amide bonds. The number of benzene rings is 2. The second-order valence-electron chi connectivity index (χ2n) is 5.18. The van der Waals surface area contributed by atoms with Crippen LogP contribution < -0.4 is 5.32 Å². The van der Waals surface area contributed by atoms with Gasteiger partial charge in [-0.1, -0.05) is 58.4 Å². The van der Waals surface area contributed by atoms with E-state index in [0.717, 1.165) is 17.4 Å². The molecule has 0 aliphatic heterocycles. The fraction of sp³-hybridized carbons (Fsp3) is 0.235. The van der Waals surface area contributed by atoms with Gasteiger partial charge in [-0.15, -0.1) is 0 Å². The molecule has 1 N–H and O–H groups in total. The van der Waals surface area contributed by atoms with Crippen molar-refractivity contribution in [1.29, 1.82) is 0 Å². The molecule has 2 nitrogen and oxygen atoms in total. The summed E-state index contributed by atoms with van der Waals surface area (Å²) in [5.74, 6) is 0.631. The van der Waals surface area contributed by atoms with Crippen molar-refractivity contribution in [1.82, 2.24) is 0 Å². The average molecular weight is 330 g/mol. The van der Waals surface area contributed by atoms with Crippen molar-refractivity contribution in [2.45, 2.75) is 17.7 Å². The van der Waals surface area contributed by atoms with Crippen LogP contribution >= 0.6 is 15.9 Å². The van der Waals surface area contributed by atoms with Gasteiger partial charge in [-0.3, -0.25) is 4.79 Å². The number of halogens is 1. The summed E-state index contributed by atoms with van der Waals surface area (Å²) < 4.78 is 0. The van der Waals surface area contributed by atoms with Gasteiger partial charge < -0.3 is 5.32 Å². The van der Waals surface area contributed by atoms with Crippen molar-refractivity contribution in [2.75, 3.05) is 5.32 Å². The van der Waals surface area contributed by atoms with Gasteiger partial charge in [0.1, 0.15) is 0 Å². The van der Waals surface area contributed by atoms with Crippen molar-refractivity contribution in [2.24, 2.45) is 5.92 Å². The van der Waals surface area contributed by atoms with Crippen LogP contribution in [0.15, 0.2) is 54.6 Å². The number of nitrogens with one attached hydrogen (secondary N) is 1. The normalized spacial score (nSPS) is 20.4. The van der Waals surface area contributed by atoms with E-state index in [1.807, 2.05) is 42.5 Å². The van der Waals surface area contributed by atoms with Crippen LogP contribution in [-0.4, -0.2) is 5.91 Å². The molecule has 20 heavy (non-hydrogen) atoms. The van der Waals surface area contributed by atoms with Gasteiger partial charge in [-0.2, -0.15) is 0 Å². The van der Waals surface area contributed by atoms with Crippen LogP contribution in [-0.2, 0) is 10.1 Å². The minimum atomic E-state index is 0.116. The van der Waals surface area contributed by atoms with E-state index in [0.29, 0.717) is 5.92 Å². The largest absolute Gasteiger partial charge is 0.326 e. The number of hydrogen-bond acceptors (Lipinski definition) is 1. The Hall–Kier alpha value is -1.61. The van der Waals surface area contributed by atoms with Gasteiger partial charge in [0.25, 0.3) is 0 Å². The molecule has 1 aliphatic rings. The molecule has 0 radical (unpaired) electrons. The first kappa shape index (κ1) is 13.4. The highest BCUT2D eigenvalue weighted by Gasteiger charge is 2.43. The molecule has 1 aliphatic carbocycles. The Bertz CT molecular complexity index is 611. The van der Waals surface area contributed by atoms with Gasteiger partial charge >= 0.3 is 0 Å². The number of anilines is 1. The van der Waals surface area contributed by atoms with E-state index in [1.54, 1.807) is 0 Å². The third-order valence-electron chi connectivity index (χ3n) is 3.70. The van der Waals surface area contributed by atoms with Crippen LogP contribution in [0.4, 0.5) is 5.69 Å². The maximum Gasteiger partial charge on any atom is 0.228 e. The average Bonchev–Trinajstić information content (AvgIpc) is 3.29. The number of alkyl halides is 1. The first-order chi connectivity index (χ1) is 9.78. The quantitative estimate of drug-likeness (QED) is 0.831. The van der Waals surface area contributed by atoms with E-state index >= 15 is 0 Å². The third kappa shape index (κ3) is 2.93. The Morgan fingerprint density at radius 1 is 1.15 bits per heavy atom. The molecule has 0 aromatic heterocycles. The van der Waals surface area contributed by atoms with Gasteiger partial charge in [0.15, 0.2) is 0 Å². The fourth-order valence-corrected chi connectivity index (χ4v) is 2.87. The lowest BCUT2D eigenvalue weighted by Crippen LogP contribution is -2.14. The van der Waals surface area contributed by atoms with Crippen molar-refractivity contribution in [3.8, 4) is 0 Å². The van der Waals surface area contributed by atoms with E-state index in [4.69, 9.17) is 0 Å². The zero-order chi connectivity index (χ0) is 13.9. The van der Waals surface area contributed by atoms with Gasteiger partial charge in [-0.25, -0.2) is 0 Å². The van der Waals surface area contributed by atoms with Crippen molar-refractivity contribution in [3.05, 3.63) is 65.7 Å². The molecular weight excluding hydrogens is 314 g/mol. The molecule has 0 saturated heterocycles. The van der Waals surface area contributed by atoms with E-state index in [1.165, 1.54) is 11.1 Å². The lowest BCUT2D eigenvalue weighted by Gasteiger charge is -2.06. The van der Waals surface area contributed by atoms with Crippen LogP contribution in [0.25, 0.3) is 0 Å². The minimum Gasteiger partial charge on any atom is -0.326 e. The first-order valence-electron chi connectivity index (χ1n) is 6.78. The summed E-state index contributed by atoms with van der Waals surface area (Å²) in [6, 6.07) is 18.2. The molecule has 3 rings (SSSR count). The second kappa shape index (κ2) is 5.80. The SMILES string of the molecule is O=C(Nc1cccc(CBr)c1)C1CC1c1ccccc1. The highest BCUT2D eigenvalue weighted by molar-refractivity contribution is 9.08. The molecule has 2 unspecified atom stereocenters. The monoisotopic (exact) mass is 329 g/mol. The lowest BCUT2D eigenvalue weighted by atomic mass is 10.1. The molecule has 3 heteroatoms. The van der Waals surface area contributed by atoms with E-state index in [9.17, 15) is 4.79 Å². The fourth-order valence-electron chi connectivity index (χ4n) is 2.52. The molecule has 0 heterocycles. The molecule has 1 fully saturated rings. The van der Waals surface area contributed by atoms with E-state index < -0.39 is 0 Å². The number of carbonyl (C=O) groups excluding carboxylic acids is 1. The summed E-state index contributed by atoms with van der Waals surface area (Å²) >= 11 is 3.43. The van der Waals surface area contributed by atoms with Crippen molar-refractivity contribution >= 4 is 27.5 Å². The maximum absolute atomic E-state index is 12.2. The zero-order valence-electron chi connectivity index (χ0n) is 11.1. The topological polar surface area (TPSA) is 29.1 Å². The summed E-state index contributed by atoms with van der Waals surface area (Å²) in [5.41, 5.74) is 3.31. The zero-order valence-corrected chi connectivity index (χ0v) is 12.6. The van der Waals surface area contributed by atoms with Gasteiger partial charge in [0.05, 0.1) is 0 Å². The lowest BCUT2D eigenvalue weighted by molar-refractivity contribution is -0.117. The van der Waals surface area contributed by atoms with Gasteiger partial charge in [0.2, 0.25) is 5.91 Å². The number of carbonyl (C=O) groups is 1. The van der Waals surface area contributed by atoms with E-state index in [2.05, 4.69) is 33.4 Å². The molecule has 2 aromatic rings. The Morgan fingerprint density at radius 2 is 1.95 bits per heavy atom. The molecule has 0 spiro atoms. The molecular formula is C17H16BrNO. The Morgan fingerprint density at radius 3 is 2.70 bits per heavy atom. The Labute approximate surface area is 127 Å². The standard InChI is InChI=1S/C17H16BrNO/c18-11-12-5-4-8-14(9-12)19-17(20)16-10-15(16)13-6-2-1-3-7-13/h1-9,15-16H,10-11H2,(H,19,20). The summed E-state index contributed by atoms with van der Waals surface area (Å²) in [6.45, 7) is 0. The number of amides is 1. The van der Waals surface area contributed by atoms with Crippen LogP contribution in [0.5, 0.6) is 0 Å².